The Kier molecular flexibility index (Phi) is 9.07. The number of aldehydes is 1. The standard InChI is InChI=1S/C21H36O3SSi/c1-16(15-25-18-12-10-9-11-13-18)20(23-6)17(2)19(14-22)24-26(7,8)21(3,4)5/h9-14,16-17,19-20H,15H2,1-8H3/t16-,17+,19-,20-/m0/s1. The first kappa shape index (κ1) is 23.4. The number of benzene rings is 1. The summed E-state index contributed by atoms with van der Waals surface area (Å²) < 4.78 is 12.2. The van der Waals surface area contributed by atoms with E-state index >= 15 is 0 Å². The molecule has 148 valence electrons. The van der Waals surface area contributed by atoms with E-state index in [-0.39, 0.29) is 17.1 Å². The predicted octanol–water partition coefficient (Wildman–Crippen LogP) is 5.66. The Morgan fingerprint density at radius 2 is 1.73 bits per heavy atom. The van der Waals surface area contributed by atoms with Crippen LogP contribution in [0.3, 0.4) is 0 Å². The summed E-state index contributed by atoms with van der Waals surface area (Å²) in [4.78, 5) is 13.1. The molecule has 3 nitrogen and oxygen atoms in total. The number of hydrogen-bond donors (Lipinski definition) is 0. The Hall–Kier alpha value is -0.623. The van der Waals surface area contributed by atoms with E-state index in [0.29, 0.717) is 5.92 Å². The summed E-state index contributed by atoms with van der Waals surface area (Å²) in [5.74, 6) is 1.27. The average molecular weight is 397 g/mol. The fourth-order valence-electron chi connectivity index (χ4n) is 2.77. The molecular formula is C21H36O3SSi. The Morgan fingerprint density at radius 3 is 2.19 bits per heavy atom. The molecule has 0 saturated heterocycles. The van der Waals surface area contributed by atoms with Gasteiger partial charge in [0.2, 0.25) is 0 Å². The van der Waals surface area contributed by atoms with E-state index in [0.717, 1.165) is 12.0 Å². The van der Waals surface area contributed by atoms with Crippen molar-refractivity contribution in [2.24, 2.45) is 11.8 Å². The minimum Gasteiger partial charge on any atom is -0.407 e. The minimum atomic E-state index is -2.01. The van der Waals surface area contributed by atoms with E-state index < -0.39 is 14.4 Å². The Balaban J connectivity index is 2.77. The number of thioether (sulfide) groups is 1. The summed E-state index contributed by atoms with van der Waals surface area (Å²) in [5.41, 5.74) is 0. The first-order valence-electron chi connectivity index (χ1n) is 9.37. The van der Waals surface area contributed by atoms with Gasteiger partial charge in [0.1, 0.15) is 12.4 Å². The third-order valence-corrected chi connectivity index (χ3v) is 11.3. The topological polar surface area (TPSA) is 35.5 Å². The van der Waals surface area contributed by atoms with Crippen molar-refractivity contribution in [2.45, 2.75) is 69.9 Å². The summed E-state index contributed by atoms with van der Waals surface area (Å²) in [6, 6.07) is 10.4. The maximum Gasteiger partial charge on any atom is 0.193 e. The third kappa shape index (κ3) is 6.52. The zero-order valence-corrected chi connectivity index (χ0v) is 19.4. The monoisotopic (exact) mass is 396 g/mol. The van der Waals surface area contributed by atoms with Crippen molar-refractivity contribution in [2.75, 3.05) is 12.9 Å². The van der Waals surface area contributed by atoms with Crippen LogP contribution in [0.25, 0.3) is 0 Å². The van der Waals surface area contributed by atoms with Gasteiger partial charge in [0.05, 0.1) is 6.10 Å². The van der Waals surface area contributed by atoms with Crippen LogP contribution in [0.1, 0.15) is 34.6 Å². The first-order valence-corrected chi connectivity index (χ1v) is 13.3. The van der Waals surface area contributed by atoms with Crippen LogP contribution in [0.5, 0.6) is 0 Å². The molecule has 26 heavy (non-hydrogen) atoms. The molecule has 1 rings (SSSR count). The van der Waals surface area contributed by atoms with Gasteiger partial charge in [-0.3, -0.25) is 0 Å². The van der Waals surface area contributed by atoms with Crippen LogP contribution < -0.4 is 0 Å². The van der Waals surface area contributed by atoms with Crippen molar-refractivity contribution in [1.29, 1.82) is 0 Å². The van der Waals surface area contributed by atoms with Gasteiger partial charge in [0.25, 0.3) is 0 Å². The molecule has 0 unspecified atom stereocenters. The lowest BCUT2D eigenvalue weighted by molar-refractivity contribution is -0.120. The molecule has 5 heteroatoms. The Morgan fingerprint density at radius 1 is 1.15 bits per heavy atom. The van der Waals surface area contributed by atoms with Crippen molar-refractivity contribution < 1.29 is 14.0 Å². The second-order valence-corrected chi connectivity index (χ2v) is 14.5. The number of carbonyl (C=O) groups excluding carboxylic acids is 1. The normalized spacial score (nSPS) is 17.4. The zero-order valence-electron chi connectivity index (χ0n) is 17.6. The van der Waals surface area contributed by atoms with Crippen molar-refractivity contribution in [3.8, 4) is 0 Å². The lowest BCUT2D eigenvalue weighted by Gasteiger charge is -2.41. The fourth-order valence-corrected chi connectivity index (χ4v) is 5.07. The average Bonchev–Trinajstić information content (AvgIpc) is 2.58. The highest BCUT2D eigenvalue weighted by molar-refractivity contribution is 7.99. The smallest absolute Gasteiger partial charge is 0.193 e. The molecular weight excluding hydrogens is 360 g/mol. The maximum atomic E-state index is 11.8. The summed E-state index contributed by atoms with van der Waals surface area (Å²) in [5, 5.41) is 0.0747. The third-order valence-electron chi connectivity index (χ3n) is 5.50. The second-order valence-electron chi connectivity index (χ2n) is 8.64. The molecule has 0 heterocycles. The highest BCUT2D eigenvalue weighted by Gasteiger charge is 2.41. The molecule has 0 saturated carbocycles. The van der Waals surface area contributed by atoms with Gasteiger partial charge in [-0.15, -0.1) is 11.8 Å². The molecule has 0 aliphatic carbocycles. The van der Waals surface area contributed by atoms with Gasteiger partial charge in [-0.25, -0.2) is 0 Å². The molecule has 0 amide bonds. The fraction of sp³-hybridized carbons (Fsp3) is 0.667. The largest absolute Gasteiger partial charge is 0.407 e. The van der Waals surface area contributed by atoms with Gasteiger partial charge in [-0.05, 0) is 36.2 Å². The lowest BCUT2D eigenvalue weighted by Crippen LogP contribution is -2.48. The highest BCUT2D eigenvalue weighted by atomic mass is 32.2. The molecule has 0 radical (unpaired) electrons. The molecule has 0 aromatic heterocycles. The van der Waals surface area contributed by atoms with Gasteiger partial charge in [0, 0.05) is 23.7 Å². The van der Waals surface area contributed by atoms with E-state index in [1.165, 1.54) is 4.90 Å². The minimum absolute atomic E-state index is 0.0120. The van der Waals surface area contributed by atoms with Crippen molar-refractivity contribution >= 4 is 26.4 Å². The summed E-state index contributed by atoms with van der Waals surface area (Å²) >= 11 is 1.83. The van der Waals surface area contributed by atoms with Gasteiger partial charge in [-0.1, -0.05) is 52.8 Å². The lowest BCUT2D eigenvalue weighted by atomic mass is 9.90. The molecule has 1 aromatic rings. The second kappa shape index (κ2) is 10.1. The Bertz CT molecular complexity index is 542. The summed E-state index contributed by atoms with van der Waals surface area (Å²) in [6.45, 7) is 15.2. The van der Waals surface area contributed by atoms with E-state index in [9.17, 15) is 4.79 Å². The number of ether oxygens (including phenoxy) is 1. The SMILES string of the molecule is CO[C@H]([C@H](C)[C@H](C=O)O[Si](C)(C)C(C)(C)C)[C@@H](C)CSc1ccccc1. The predicted molar refractivity (Wildman–Crippen MR) is 114 cm³/mol. The maximum absolute atomic E-state index is 11.8. The van der Waals surface area contributed by atoms with Gasteiger partial charge in [-0.2, -0.15) is 0 Å². The number of rotatable bonds is 10. The molecule has 0 spiro atoms. The molecule has 0 fully saturated rings. The van der Waals surface area contributed by atoms with Crippen LogP contribution >= 0.6 is 11.8 Å². The van der Waals surface area contributed by atoms with Crippen molar-refractivity contribution in [1.82, 2.24) is 0 Å². The number of methoxy groups -OCH3 is 1. The van der Waals surface area contributed by atoms with Crippen LogP contribution in [-0.2, 0) is 14.0 Å². The zero-order chi connectivity index (χ0) is 20.0. The molecule has 0 bridgehead atoms. The van der Waals surface area contributed by atoms with Crippen LogP contribution in [0.15, 0.2) is 35.2 Å². The van der Waals surface area contributed by atoms with Crippen molar-refractivity contribution in [3.05, 3.63) is 30.3 Å². The van der Waals surface area contributed by atoms with Gasteiger partial charge in [0.15, 0.2) is 8.32 Å². The Labute approximate surface area is 165 Å². The van der Waals surface area contributed by atoms with Crippen LogP contribution in [-0.4, -0.2) is 39.7 Å². The van der Waals surface area contributed by atoms with E-state index in [2.05, 4.69) is 72.0 Å². The molecule has 0 aliphatic rings. The summed E-state index contributed by atoms with van der Waals surface area (Å²) in [6.07, 6.45) is 0.519. The number of carbonyl (C=O) groups is 1. The van der Waals surface area contributed by atoms with E-state index in [1.807, 2.05) is 17.8 Å². The van der Waals surface area contributed by atoms with Crippen LogP contribution in [0.4, 0.5) is 0 Å². The summed E-state index contributed by atoms with van der Waals surface area (Å²) in [7, 11) is -0.273. The quantitative estimate of drug-likeness (QED) is 0.291. The first-order chi connectivity index (χ1) is 12.0. The molecule has 1 aromatic carbocycles. The van der Waals surface area contributed by atoms with Crippen LogP contribution in [0.2, 0.25) is 18.1 Å². The van der Waals surface area contributed by atoms with Crippen LogP contribution in [0, 0.1) is 11.8 Å². The van der Waals surface area contributed by atoms with E-state index in [1.54, 1.807) is 7.11 Å². The molecule has 0 aliphatic heterocycles. The number of hydrogen-bond acceptors (Lipinski definition) is 4. The molecule has 0 N–H and O–H groups in total. The highest BCUT2D eigenvalue weighted by Crippen LogP contribution is 2.38. The van der Waals surface area contributed by atoms with E-state index in [4.69, 9.17) is 9.16 Å². The van der Waals surface area contributed by atoms with Gasteiger partial charge < -0.3 is 14.0 Å². The van der Waals surface area contributed by atoms with Crippen molar-refractivity contribution in [3.63, 3.8) is 0 Å². The van der Waals surface area contributed by atoms with Gasteiger partial charge >= 0.3 is 0 Å². The molecule has 4 atom stereocenters.